The fourth-order valence-corrected chi connectivity index (χ4v) is 1.17. The SMILES string of the molecule is ClCc1cn(Cc2ccoc2)nn1. The van der Waals surface area contributed by atoms with Crippen molar-refractivity contribution in [3.8, 4) is 0 Å². The Balaban J connectivity index is 2.10. The number of rotatable bonds is 3. The highest BCUT2D eigenvalue weighted by Crippen LogP contribution is 2.03. The summed E-state index contributed by atoms with van der Waals surface area (Å²) in [6.07, 6.45) is 5.14. The van der Waals surface area contributed by atoms with Gasteiger partial charge in [-0.3, -0.25) is 0 Å². The highest BCUT2D eigenvalue weighted by Gasteiger charge is 2.00. The summed E-state index contributed by atoms with van der Waals surface area (Å²) in [5.74, 6) is 0.394. The second kappa shape index (κ2) is 3.62. The van der Waals surface area contributed by atoms with Crippen molar-refractivity contribution in [2.75, 3.05) is 0 Å². The third kappa shape index (κ3) is 1.89. The Morgan fingerprint density at radius 3 is 3.08 bits per heavy atom. The van der Waals surface area contributed by atoms with Crippen LogP contribution in [0, 0.1) is 0 Å². The van der Waals surface area contributed by atoms with Gasteiger partial charge in [-0.05, 0) is 6.07 Å². The third-order valence-electron chi connectivity index (χ3n) is 1.65. The monoisotopic (exact) mass is 197 g/mol. The second-order valence-electron chi connectivity index (χ2n) is 2.67. The van der Waals surface area contributed by atoms with Gasteiger partial charge in [-0.15, -0.1) is 16.7 Å². The predicted octanol–water partition coefficient (Wildman–Crippen LogP) is 1.66. The van der Waals surface area contributed by atoms with E-state index in [9.17, 15) is 0 Å². The van der Waals surface area contributed by atoms with Crippen LogP contribution in [0.3, 0.4) is 0 Å². The van der Waals surface area contributed by atoms with Gasteiger partial charge >= 0.3 is 0 Å². The summed E-state index contributed by atoms with van der Waals surface area (Å²) in [6.45, 7) is 0.667. The first-order valence-electron chi connectivity index (χ1n) is 3.84. The van der Waals surface area contributed by atoms with Gasteiger partial charge in [0.15, 0.2) is 0 Å². The lowest BCUT2D eigenvalue weighted by molar-refractivity contribution is 0.558. The molecule has 68 valence electrons. The summed E-state index contributed by atoms with van der Waals surface area (Å²) in [5.41, 5.74) is 1.84. The average Bonchev–Trinajstić information content (AvgIpc) is 2.76. The van der Waals surface area contributed by atoms with Crippen molar-refractivity contribution >= 4 is 11.6 Å². The third-order valence-corrected chi connectivity index (χ3v) is 1.92. The van der Waals surface area contributed by atoms with Gasteiger partial charge in [0.05, 0.1) is 36.8 Å². The zero-order valence-corrected chi connectivity index (χ0v) is 7.61. The number of aromatic nitrogens is 3. The van der Waals surface area contributed by atoms with Gasteiger partial charge in [-0.2, -0.15) is 0 Å². The number of hydrogen-bond donors (Lipinski definition) is 0. The topological polar surface area (TPSA) is 43.9 Å². The van der Waals surface area contributed by atoms with E-state index in [1.54, 1.807) is 17.2 Å². The molecule has 5 heteroatoms. The quantitative estimate of drug-likeness (QED) is 0.703. The first kappa shape index (κ1) is 8.31. The van der Waals surface area contributed by atoms with E-state index in [1.165, 1.54) is 0 Å². The van der Waals surface area contributed by atoms with Crippen LogP contribution in [0.5, 0.6) is 0 Å². The highest BCUT2D eigenvalue weighted by atomic mass is 35.5. The van der Waals surface area contributed by atoms with E-state index in [0.717, 1.165) is 11.3 Å². The first-order valence-corrected chi connectivity index (χ1v) is 4.38. The van der Waals surface area contributed by atoms with Crippen LogP contribution >= 0.6 is 11.6 Å². The normalized spacial score (nSPS) is 10.5. The zero-order chi connectivity index (χ0) is 9.10. The molecule has 4 nitrogen and oxygen atoms in total. The van der Waals surface area contributed by atoms with Crippen molar-refractivity contribution in [3.05, 3.63) is 36.0 Å². The molecular weight excluding hydrogens is 190 g/mol. The van der Waals surface area contributed by atoms with E-state index < -0.39 is 0 Å². The number of alkyl halides is 1. The largest absolute Gasteiger partial charge is 0.472 e. The Labute approximate surface area is 80.1 Å². The molecule has 0 saturated carbocycles. The molecule has 2 aromatic rings. The minimum atomic E-state index is 0.394. The van der Waals surface area contributed by atoms with Gasteiger partial charge < -0.3 is 4.42 Å². The highest BCUT2D eigenvalue weighted by molar-refractivity contribution is 6.16. The van der Waals surface area contributed by atoms with Crippen molar-refractivity contribution in [1.29, 1.82) is 0 Å². The molecule has 0 aliphatic rings. The van der Waals surface area contributed by atoms with Crippen LogP contribution in [0.25, 0.3) is 0 Å². The smallest absolute Gasteiger partial charge is 0.0974 e. The first-order chi connectivity index (χ1) is 6.38. The van der Waals surface area contributed by atoms with Crippen LogP contribution in [-0.2, 0) is 12.4 Å². The fraction of sp³-hybridized carbons (Fsp3) is 0.250. The maximum atomic E-state index is 5.59. The van der Waals surface area contributed by atoms with Gasteiger partial charge in [0.1, 0.15) is 0 Å². The van der Waals surface area contributed by atoms with Crippen molar-refractivity contribution < 1.29 is 4.42 Å². The van der Waals surface area contributed by atoms with Crippen LogP contribution in [0.2, 0.25) is 0 Å². The molecule has 0 N–H and O–H groups in total. The van der Waals surface area contributed by atoms with Crippen LogP contribution in [0.15, 0.2) is 29.2 Å². The molecule has 0 radical (unpaired) electrons. The van der Waals surface area contributed by atoms with E-state index in [0.29, 0.717) is 12.4 Å². The predicted molar refractivity (Wildman–Crippen MR) is 47.4 cm³/mol. The average molecular weight is 198 g/mol. The molecule has 0 aromatic carbocycles. The van der Waals surface area contributed by atoms with Gasteiger partial charge in [0, 0.05) is 5.56 Å². The van der Waals surface area contributed by atoms with Gasteiger partial charge in [-0.25, -0.2) is 4.68 Å². The van der Waals surface area contributed by atoms with Crippen molar-refractivity contribution in [2.45, 2.75) is 12.4 Å². The van der Waals surface area contributed by atoms with E-state index in [-0.39, 0.29) is 0 Å². The molecule has 13 heavy (non-hydrogen) atoms. The summed E-state index contributed by atoms with van der Waals surface area (Å²) >= 11 is 5.59. The molecule has 0 atom stereocenters. The standard InChI is InChI=1S/C8H8ClN3O/c9-3-8-5-12(11-10-8)4-7-1-2-13-6-7/h1-2,5-6H,3-4H2. The Kier molecular flexibility index (Phi) is 2.31. The van der Waals surface area contributed by atoms with Crippen molar-refractivity contribution in [1.82, 2.24) is 15.0 Å². The molecule has 0 saturated heterocycles. The summed E-state index contributed by atoms with van der Waals surface area (Å²) < 4.78 is 6.66. The molecule has 2 heterocycles. The maximum absolute atomic E-state index is 5.59. The van der Waals surface area contributed by atoms with E-state index in [4.69, 9.17) is 16.0 Å². The molecule has 0 unspecified atom stereocenters. The Hall–Kier alpha value is -1.29. The fourth-order valence-electron chi connectivity index (χ4n) is 1.05. The van der Waals surface area contributed by atoms with Gasteiger partial charge in [-0.1, -0.05) is 5.21 Å². The summed E-state index contributed by atoms with van der Waals surface area (Å²) in [7, 11) is 0. The van der Waals surface area contributed by atoms with Gasteiger partial charge in [0.2, 0.25) is 0 Å². The molecule has 2 aromatic heterocycles. The minimum Gasteiger partial charge on any atom is -0.472 e. The van der Waals surface area contributed by atoms with Crippen molar-refractivity contribution in [2.24, 2.45) is 0 Å². The summed E-state index contributed by atoms with van der Waals surface area (Å²) in [4.78, 5) is 0. The van der Waals surface area contributed by atoms with Crippen LogP contribution in [0.4, 0.5) is 0 Å². The Morgan fingerprint density at radius 2 is 2.46 bits per heavy atom. The molecule has 2 rings (SSSR count). The number of hydrogen-bond acceptors (Lipinski definition) is 3. The van der Waals surface area contributed by atoms with Crippen LogP contribution in [-0.4, -0.2) is 15.0 Å². The Morgan fingerprint density at radius 1 is 1.54 bits per heavy atom. The molecule has 0 aliphatic carbocycles. The molecule has 0 fully saturated rings. The minimum absolute atomic E-state index is 0.394. The van der Waals surface area contributed by atoms with E-state index in [2.05, 4.69) is 10.3 Å². The lowest BCUT2D eigenvalue weighted by Crippen LogP contribution is -1.98. The maximum Gasteiger partial charge on any atom is 0.0974 e. The lowest BCUT2D eigenvalue weighted by Gasteiger charge is -1.93. The number of furan rings is 1. The summed E-state index contributed by atoms with van der Waals surface area (Å²) in [5, 5.41) is 7.77. The molecule has 0 amide bonds. The number of halogens is 1. The zero-order valence-electron chi connectivity index (χ0n) is 6.85. The van der Waals surface area contributed by atoms with E-state index >= 15 is 0 Å². The summed E-state index contributed by atoms with van der Waals surface area (Å²) in [6, 6.07) is 1.89. The van der Waals surface area contributed by atoms with Crippen molar-refractivity contribution in [3.63, 3.8) is 0 Å². The molecular formula is C8H8ClN3O. The molecule has 0 aliphatic heterocycles. The molecule has 0 bridgehead atoms. The second-order valence-corrected chi connectivity index (χ2v) is 2.94. The number of nitrogens with zero attached hydrogens (tertiary/aromatic N) is 3. The van der Waals surface area contributed by atoms with E-state index in [1.807, 2.05) is 12.3 Å². The van der Waals surface area contributed by atoms with Crippen LogP contribution < -0.4 is 0 Å². The van der Waals surface area contributed by atoms with Crippen LogP contribution in [0.1, 0.15) is 11.3 Å². The van der Waals surface area contributed by atoms with Gasteiger partial charge in [0.25, 0.3) is 0 Å². The Bertz CT molecular complexity index is 368. The molecule has 0 spiro atoms. The lowest BCUT2D eigenvalue weighted by atomic mass is 10.3.